The monoisotopic (exact) mass is 408 g/mol. The fourth-order valence-corrected chi connectivity index (χ4v) is 2.86. The Labute approximate surface area is 174 Å². The zero-order valence-electron chi connectivity index (χ0n) is 16.2. The highest BCUT2D eigenvalue weighted by Crippen LogP contribution is 2.21. The Hall–Kier alpha value is -3.31. The molecule has 3 rings (SSSR count). The summed E-state index contributed by atoms with van der Waals surface area (Å²) in [6.07, 6.45) is 0. The second-order valence-corrected chi connectivity index (χ2v) is 6.95. The van der Waals surface area contributed by atoms with Gasteiger partial charge >= 0.3 is 0 Å². The van der Waals surface area contributed by atoms with E-state index >= 15 is 0 Å². The predicted molar refractivity (Wildman–Crippen MR) is 116 cm³/mol. The number of amides is 2. The van der Waals surface area contributed by atoms with Crippen molar-refractivity contribution in [2.75, 3.05) is 17.2 Å². The topological polar surface area (TPSA) is 67.4 Å². The molecule has 2 amide bonds. The molecular weight excluding hydrogens is 388 g/mol. The van der Waals surface area contributed by atoms with Crippen molar-refractivity contribution in [3.63, 3.8) is 0 Å². The van der Waals surface area contributed by atoms with Gasteiger partial charge in [0.15, 0.2) is 6.61 Å². The fraction of sp³-hybridized carbons (Fsp3) is 0.130. The van der Waals surface area contributed by atoms with Crippen LogP contribution in [-0.4, -0.2) is 18.4 Å². The van der Waals surface area contributed by atoms with E-state index in [9.17, 15) is 9.59 Å². The molecule has 0 heterocycles. The summed E-state index contributed by atoms with van der Waals surface area (Å²) < 4.78 is 5.48. The second kappa shape index (κ2) is 9.26. The maximum Gasteiger partial charge on any atom is 0.262 e. The van der Waals surface area contributed by atoms with Crippen LogP contribution in [0.2, 0.25) is 5.02 Å². The minimum absolute atomic E-state index is 0.167. The number of para-hydroxylation sites is 1. The molecule has 6 heteroatoms. The second-order valence-electron chi connectivity index (χ2n) is 6.54. The first-order valence-electron chi connectivity index (χ1n) is 9.09. The Morgan fingerprint density at radius 2 is 1.55 bits per heavy atom. The molecular formula is C23H21ClN2O3. The van der Waals surface area contributed by atoms with Crippen LogP contribution < -0.4 is 15.4 Å². The molecule has 29 heavy (non-hydrogen) atoms. The maximum atomic E-state index is 12.5. The smallest absolute Gasteiger partial charge is 0.262 e. The van der Waals surface area contributed by atoms with E-state index in [-0.39, 0.29) is 18.4 Å². The van der Waals surface area contributed by atoms with Crippen LogP contribution in [0.5, 0.6) is 5.75 Å². The molecule has 0 atom stereocenters. The molecule has 0 radical (unpaired) electrons. The first-order valence-corrected chi connectivity index (χ1v) is 9.46. The zero-order chi connectivity index (χ0) is 20.8. The van der Waals surface area contributed by atoms with Crippen LogP contribution in [0.25, 0.3) is 0 Å². The van der Waals surface area contributed by atoms with E-state index in [1.807, 2.05) is 32.0 Å². The molecule has 5 nitrogen and oxygen atoms in total. The van der Waals surface area contributed by atoms with Gasteiger partial charge in [-0.3, -0.25) is 9.59 Å². The molecule has 0 aliphatic carbocycles. The van der Waals surface area contributed by atoms with E-state index in [1.165, 1.54) is 0 Å². The summed E-state index contributed by atoms with van der Waals surface area (Å²) in [4.78, 5) is 24.5. The number of hydrogen-bond acceptors (Lipinski definition) is 3. The summed E-state index contributed by atoms with van der Waals surface area (Å²) in [5.41, 5.74) is 3.96. The number of carbonyl (C=O) groups is 2. The van der Waals surface area contributed by atoms with Crippen molar-refractivity contribution in [1.29, 1.82) is 0 Å². The van der Waals surface area contributed by atoms with Gasteiger partial charge in [0.05, 0.1) is 10.7 Å². The van der Waals surface area contributed by atoms with Crippen molar-refractivity contribution < 1.29 is 14.3 Å². The number of benzene rings is 3. The van der Waals surface area contributed by atoms with E-state index in [0.717, 1.165) is 16.8 Å². The number of hydrogen-bond donors (Lipinski definition) is 2. The number of carbonyl (C=O) groups excluding carboxylic acids is 2. The van der Waals surface area contributed by atoms with E-state index in [2.05, 4.69) is 10.6 Å². The molecule has 0 unspecified atom stereocenters. The van der Waals surface area contributed by atoms with E-state index in [4.69, 9.17) is 16.3 Å². The summed E-state index contributed by atoms with van der Waals surface area (Å²) in [6, 6.07) is 19.4. The predicted octanol–water partition coefficient (Wildman–Crippen LogP) is 5.23. The fourth-order valence-electron chi connectivity index (χ4n) is 2.68. The zero-order valence-corrected chi connectivity index (χ0v) is 16.9. The lowest BCUT2D eigenvalue weighted by molar-refractivity contribution is -0.118. The van der Waals surface area contributed by atoms with Gasteiger partial charge in [0, 0.05) is 11.3 Å². The van der Waals surface area contributed by atoms with Gasteiger partial charge in [0.1, 0.15) is 5.75 Å². The standard InChI is InChI=1S/C23H21ClN2O3/c1-15-6-5-9-20(16(15)2)26-23(28)17-10-12-18(13-11-17)29-14-22(27)25-21-8-4-3-7-19(21)24/h3-13H,14H2,1-2H3,(H,25,27)(H,26,28). The summed E-state index contributed by atoms with van der Waals surface area (Å²) in [5, 5.41) is 6.06. The third-order valence-electron chi connectivity index (χ3n) is 4.49. The molecule has 148 valence electrons. The minimum Gasteiger partial charge on any atom is -0.484 e. The highest BCUT2D eigenvalue weighted by Gasteiger charge is 2.10. The Kier molecular flexibility index (Phi) is 6.52. The van der Waals surface area contributed by atoms with Gasteiger partial charge in [-0.15, -0.1) is 0 Å². The molecule has 2 N–H and O–H groups in total. The van der Waals surface area contributed by atoms with Gasteiger partial charge in [0.25, 0.3) is 11.8 Å². The van der Waals surface area contributed by atoms with Crippen LogP contribution in [0.3, 0.4) is 0 Å². The lowest BCUT2D eigenvalue weighted by Crippen LogP contribution is -2.20. The average molecular weight is 409 g/mol. The van der Waals surface area contributed by atoms with Gasteiger partial charge in [-0.2, -0.15) is 0 Å². The van der Waals surface area contributed by atoms with Crippen molar-refractivity contribution in [1.82, 2.24) is 0 Å². The van der Waals surface area contributed by atoms with E-state index in [0.29, 0.717) is 22.0 Å². The van der Waals surface area contributed by atoms with Crippen LogP contribution >= 0.6 is 11.6 Å². The maximum absolute atomic E-state index is 12.5. The molecule has 0 aromatic heterocycles. The molecule has 3 aromatic carbocycles. The lowest BCUT2D eigenvalue weighted by Gasteiger charge is -2.11. The highest BCUT2D eigenvalue weighted by molar-refractivity contribution is 6.33. The van der Waals surface area contributed by atoms with Crippen LogP contribution in [0, 0.1) is 13.8 Å². The van der Waals surface area contributed by atoms with Crippen molar-refractivity contribution in [3.05, 3.63) is 88.4 Å². The molecule has 0 saturated heterocycles. The molecule has 0 aliphatic rings. The number of rotatable bonds is 6. The van der Waals surface area contributed by atoms with Crippen molar-refractivity contribution >= 4 is 34.8 Å². The Morgan fingerprint density at radius 1 is 0.862 bits per heavy atom. The normalized spacial score (nSPS) is 10.3. The average Bonchev–Trinajstić information content (AvgIpc) is 2.72. The molecule has 3 aromatic rings. The number of aryl methyl sites for hydroxylation is 1. The summed E-state index contributed by atoms with van der Waals surface area (Å²) in [7, 11) is 0. The number of ether oxygens (including phenoxy) is 1. The van der Waals surface area contributed by atoms with E-state index < -0.39 is 0 Å². The van der Waals surface area contributed by atoms with Crippen LogP contribution in [0.4, 0.5) is 11.4 Å². The molecule has 0 bridgehead atoms. The Balaban J connectivity index is 1.56. The summed E-state index contributed by atoms with van der Waals surface area (Å²) >= 11 is 6.02. The number of anilines is 2. The number of nitrogens with one attached hydrogen (secondary N) is 2. The van der Waals surface area contributed by atoms with Gasteiger partial charge in [-0.25, -0.2) is 0 Å². The third-order valence-corrected chi connectivity index (χ3v) is 4.82. The van der Waals surface area contributed by atoms with Gasteiger partial charge in [-0.1, -0.05) is 35.9 Å². The van der Waals surface area contributed by atoms with E-state index in [1.54, 1.807) is 48.5 Å². The first-order chi connectivity index (χ1) is 13.9. The van der Waals surface area contributed by atoms with Crippen molar-refractivity contribution in [3.8, 4) is 5.75 Å². The van der Waals surface area contributed by atoms with Crippen LogP contribution in [-0.2, 0) is 4.79 Å². The molecule has 0 fully saturated rings. The van der Waals surface area contributed by atoms with Crippen LogP contribution in [0.1, 0.15) is 21.5 Å². The molecule has 0 spiro atoms. The summed E-state index contributed by atoms with van der Waals surface area (Å²) in [6.45, 7) is 3.80. The van der Waals surface area contributed by atoms with Crippen molar-refractivity contribution in [2.24, 2.45) is 0 Å². The highest BCUT2D eigenvalue weighted by atomic mass is 35.5. The van der Waals surface area contributed by atoms with Gasteiger partial charge in [-0.05, 0) is 67.4 Å². The Morgan fingerprint density at radius 3 is 2.28 bits per heavy atom. The molecule has 0 aliphatic heterocycles. The largest absolute Gasteiger partial charge is 0.484 e. The molecule has 0 saturated carbocycles. The van der Waals surface area contributed by atoms with Gasteiger partial charge in [0.2, 0.25) is 0 Å². The summed E-state index contributed by atoms with van der Waals surface area (Å²) in [5.74, 6) is -0.0425. The SMILES string of the molecule is Cc1cccc(NC(=O)c2ccc(OCC(=O)Nc3ccccc3Cl)cc2)c1C. The third kappa shape index (κ3) is 5.36. The lowest BCUT2D eigenvalue weighted by atomic mass is 10.1. The Bertz CT molecular complexity index is 1030. The van der Waals surface area contributed by atoms with Crippen LogP contribution in [0.15, 0.2) is 66.7 Å². The van der Waals surface area contributed by atoms with Gasteiger partial charge < -0.3 is 15.4 Å². The van der Waals surface area contributed by atoms with Crippen molar-refractivity contribution in [2.45, 2.75) is 13.8 Å². The quantitative estimate of drug-likeness (QED) is 0.587. The first kappa shape index (κ1) is 20.4. The minimum atomic E-state index is -0.324. The number of halogens is 1.